The molecule has 0 aliphatic carbocycles. The number of aromatic nitrogens is 2. The van der Waals surface area contributed by atoms with E-state index in [1.54, 1.807) is 0 Å². The van der Waals surface area contributed by atoms with Gasteiger partial charge in [-0.1, -0.05) is 13.0 Å². The zero-order valence-electron chi connectivity index (χ0n) is 8.57. The minimum atomic E-state index is 0.354. The molecule has 0 amide bonds. The summed E-state index contributed by atoms with van der Waals surface area (Å²) in [5.41, 5.74) is 9.07. The molecule has 0 saturated heterocycles. The number of fused-ring (bicyclic) bond motifs is 1. The van der Waals surface area contributed by atoms with Crippen LogP contribution in [0.3, 0.4) is 0 Å². The lowest BCUT2D eigenvalue weighted by atomic mass is 10.1. The molecule has 2 aromatic heterocycles. The van der Waals surface area contributed by atoms with Gasteiger partial charge in [0.1, 0.15) is 5.65 Å². The van der Waals surface area contributed by atoms with Gasteiger partial charge in [0.05, 0.1) is 0 Å². The third-order valence-corrected chi connectivity index (χ3v) is 2.62. The molecule has 0 fully saturated rings. The van der Waals surface area contributed by atoms with Crippen LogP contribution in [0.5, 0.6) is 0 Å². The van der Waals surface area contributed by atoms with Crippen molar-refractivity contribution in [2.24, 2.45) is 5.73 Å². The standard InChI is InChI=1S/C11H15N3/c1-8-4-3-5-14-10(9(2)6-12)7-13-11(8)14/h3-5,7,9H,6,12H2,1-2H3. The second kappa shape index (κ2) is 3.42. The van der Waals surface area contributed by atoms with E-state index >= 15 is 0 Å². The minimum Gasteiger partial charge on any atom is -0.330 e. The third-order valence-electron chi connectivity index (χ3n) is 2.62. The normalized spacial score (nSPS) is 13.4. The first-order chi connectivity index (χ1) is 6.74. The first-order valence-electron chi connectivity index (χ1n) is 4.86. The van der Waals surface area contributed by atoms with Gasteiger partial charge in [-0.2, -0.15) is 0 Å². The number of nitrogens with zero attached hydrogens (tertiary/aromatic N) is 2. The maximum Gasteiger partial charge on any atom is 0.139 e. The average molecular weight is 189 g/mol. The highest BCUT2D eigenvalue weighted by atomic mass is 15.0. The Labute approximate surface area is 83.6 Å². The molecule has 0 radical (unpaired) electrons. The summed E-state index contributed by atoms with van der Waals surface area (Å²) in [5, 5.41) is 0. The molecule has 0 aliphatic heterocycles. The third kappa shape index (κ3) is 1.30. The summed E-state index contributed by atoms with van der Waals surface area (Å²) >= 11 is 0. The van der Waals surface area contributed by atoms with E-state index in [2.05, 4.69) is 29.3 Å². The summed E-state index contributed by atoms with van der Waals surface area (Å²) in [4.78, 5) is 4.39. The Bertz CT molecular complexity index is 445. The molecular weight excluding hydrogens is 174 g/mol. The number of hydrogen-bond donors (Lipinski definition) is 1. The van der Waals surface area contributed by atoms with Crippen LogP contribution in [0.4, 0.5) is 0 Å². The second-order valence-corrected chi connectivity index (χ2v) is 3.70. The highest BCUT2D eigenvalue weighted by Gasteiger charge is 2.09. The highest BCUT2D eigenvalue weighted by Crippen LogP contribution is 2.17. The Balaban J connectivity index is 2.63. The van der Waals surface area contributed by atoms with Gasteiger partial charge in [-0.3, -0.25) is 0 Å². The minimum absolute atomic E-state index is 0.354. The number of aryl methyl sites for hydroxylation is 1. The van der Waals surface area contributed by atoms with Crippen molar-refractivity contribution in [2.75, 3.05) is 6.54 Å². The van der Waals surface area contributed by atoms with Crippen molar-refractivity contribution in [2.45, 2.75) is 19.8 Å². The molecular formula is C11H15N3. The van der Waals surface area contributed by atoms with Crippen LogP contribution in [0.15, 0.2) is 24.5 Å². The van der Waals surface area contributed by atoms with Gasteiger partial charge in [0, 0.05) is 30.6 Å². The van der Waals surface area contributed by atoms with Gasteiger partial charge in [0.25, 0.3) is 0 Å². The largest absolute Gasteiger partial charge is 0.330 e. The van der Waals surface area contributed by atoms with Crippen LogP contribution in [0.2, 0.25) is 0 Å². The van der Waals surface area contributed by atoms with Gasteiger partial charge in [0.15, 0.2) is 0 Å². The molecule has 1 unspecified atom stereocenters. The average Bonchev–Trinajstić information content (AvgIpc) is 2.62. The fourth-order valence-electron chi connectivity index (χ4n) is 1.66. The molecule has 0 spiro atoms. The summed E-state index contributed by atoms with van der Waals surface area (Å²) in [6.07, 6.45) is 3.96. The Kier molecular flexibility index (Phi) is 2.25. The van der Waals surface area contributed by atoms with Gasteiger partial charge >= 0.3 is 0 Å². The van der Waals surface area contributed by atoms with Gasteiger partial charge in [-0.25, -0.2) is 4.98 Å². The van der Waals surface area contributed by atoms with Crippen molar-refractivity contribution >= 4 is 5.65 Å². The molecule has 2 aromatic rings. The van der Waals surface area contributed by atoms with Gasteiger partial charge < -0.3 is 10.1 Å². The molecule has 2 heterocycles. The maximum absolute atomic E-state index is 5.65. The van der Waals surface area contributed by atoms with Gasteiger partial charge in [-0.15, -0.1) is 0 Å². The van der Waals surface area contributed by atoms with E-state index in [0.29, 0.717) is 12.5 Å². The molecule has 2 N–H and O–H groups in total. The number of nitrogens with two attached hydrogens (primary N) is 1. The van der Waals surface area contributed by atoms with Crippen LogP contribution in [0.1, 0.15) is 24.1 Å². The van der Waals surface area contributed by atoms with Gasteiger partial charge in [-0.05, 0) is 18.6 Å². The summed E-state index contributed by atoms with van der Waals surface area (Å²) in [7, 11) is 0. The zero-order valence-corrected chi connectivity index (χ0v) is 8.57. The molecule has 3 heteroatoms. The van der Waals surface area contributed by atoms with Crippen LogP contribution in [0, 0.1) is 6.92 Å². The van der Waals surface area contributed by atoms with Crippen LogP contribution in [0.25, 0.3) is 5.65 Å². The summed E-state index contributed by atoms with van der Waals surface area (Å²) in [6.45, 7) is 4.84. The number of hydrogen-bond acceptors (Lipinski definition) is 2. The van der Waals surface area contributed by atoms with E-state index in [4.69, 9.17) is 5.73 Å². The van der Waals surface area contributed by atoms with Crippen molar-refractivity contribution in [3.63, 3.8) is 0 Å². The maximum atomic E-state index is 5.65. The highest BCUT2D eigenvalue weighted by molar-refractivity contribution is 5.48. The lowest BCUT2D eigenvalue weighted by Crippen LogP contribution is -2.10. The second-order valence-electron chi connectivity index (χ2n) is 3.70. The van der Waals surface area contributed by atoms with Crippen molar-refractivity contribution in [3.8, 4) is 0 Å². The number of rotatable bonds is 2. The molecule has 0 bridgehead atoms. The van der Waals surface area contributed by atoms with E-state index in [0.717, 1.165) is 5.65 Å². The van der Waals surface area contributed by atoms with Crippen molar-refractivity contribution < 1.29 is 0 Å². The Hall–Kier alpha value is -1.35. The fraction of sp³-hybridized carbons (Fsp3) is 0.364. The van der Waals surface area contributed by atoms with Crippen LogP contribution in [-0.2, 0) is 0 Å². The zero-order chi connectivity index (χ0) is 10.1. The lowest BCUT2D eigenvalue weighted by Gasteiger charge is -2.08. The van der Waals surface area contributed by atoms with Crippen LogP contribution >= 0.6 is 0 Å². The van der Waals surface area contributed by atoms with E-state index in [-0.39, 0.29) is 0 Å². The fourth-order valence-corrected chi connectivity index (χ4v) is 1.66. The number of pyridine rings is 1. The molecule has 0 aromatic carbocycles. The van der Waals surface area contributed by atoms with Crippen molar-refractivity contribution in [1.29, 1.82) is 0 Å². The first-order valence-corrected chi connectivity index (χ1v) is 4.86. The van der Waals surface area contributed by atoms with E-state index in [9.17, 15) is 0 Å². The van der Waals surface area contributed by atoms with E-state index in [1.807, 2.05) is 18.5 Å². The smallest absolute Gasteiger partial charge is 0.139 e. The monoisotopic (exact) mass is 189 g/mol. The SMILES string of the molecule is Cc1cccn2c(C(C)CN)cnc12. The van der Waals surface area contributed by atoms with Crippen molar-refractivity contribution in [1.82, 2.24) is 9.38 Å². The lowest BCUT2D eigenvalue weighted by molar-refractivity contribution is 0.736. The molecule has 14 heavy (non-hydrogen) atoms. The molecule has 0 aliphatic rings. The molecule has 0 saturated carbocycles. The molecule has 1 atom stereocenters. The Morgan fingerprint density at radius 1 is 1.57 bits per heavy atom. The van der Waals surface area contributed by atoms with Crippen LogP contribution < -0.4 is 5.73 Å². The molecule has 3 nitrogen and oxygen atoms in total. The summed E-state index contributed by atoms with van der Waals surface area (Å²) in [6, 6.07) is 4.11. The summed E-state index contributed by atoms with van der Waals surface area (Å²) in [5.74, 6) is 0.354. The van der Waals surface area contributed by atoms with E-state index in [1.165, 1.54) is 11.3 Å². The first kappa shape index (κ1) is 9.21. The number of imidazole rings is 1. The van der Waals surface area contributed by atoms with E-state index < -0.39 is 0 Å². The Morgan fingerprint density at radius 3 is 3.07 bits per heavy atom. The molecule has 2 rings (SSSR count). The summed E-state index contributed by atoms with van der Waals surface area (Å²) < 4.78 is 2.12. The van der Waals surface area contributed by atoms with Crippen molar-refractivity contribution in [3.05, 3.63) is 35.8 Å². The topological polar surface area (TPSA) is 43.3 Å². The van der Waals surface area contributed by atoms with Crippen LogP contribution in [-0.4, -0.2) is 15.9 Å². The Morgan fingerprint density at radius 2 is 2.36 bits per heavy atom. The quantitative estimate of drug-likeness (QED) is 0.781. The predicted octanol–water partition coefficient (Wildman–Crippen LogP) is 1.70. The molecule has 74 valence electrons. The predicted molar refractivity (Wildman–Crippen MR) is 57.4 cm³/mol. The van der Waals surface area contributed by atoms with Gasteiger partial charge in [0.2, 0.25) is 0 Å².